The van der Waals surface area contributed by atoms with E-state index < -0.39 is 11.9 Å². The van der Waals surface area contributed by atoms with Gasteiger partial charge in [0.1, 0.15) is 17.4 Å². The molecule has 58 heavy (non-hydrogen) atoms. The molecule has 0 bridgehead atoms. The standard InChI is InChI=1S/C42H49N11O5/c1-28-9-13-36(44-26-28)53-37(46-40(55)31-27-45-51-19-7-17-43-39(31)51)25-32(48-53)30-15-20-50(21-16-30)18-4-3-5-22-58-23-6-8-29-10-11-33-35(24-29)49(2)42(57)52(33)34-12-14-38(54)47-41(34)56/h7,9-11,13,17,19,24-27,30,34H,3-6,8,12,14-16,18,20-23H2,1-2H3,(H,46,55)(H,47,54,56). The van der Waals surface area contributed by atoms with Crippen LogP contribution >= 0.6 is 0 Å². The van der Waals surface area contributed by atoms with Crippen LogP contribution < -0.4 is 16.3 Å². The zero-order valence-corrected chi connectivity index (χ0v) is 33.0. The highest BCUT2D eigenvalue weighted by molar-refractivity contribution is 6.08. The summed E-state index contributed by atoms with van der Waals surface area (Å²) < 4.78 is 12.3. The lowest BCUT2D eigenvalue weighted by Crippen LogP contribution is -2.44. The molecule has 16 nitrogen and oxygen atoms in total. The Balaban J connectivity index is 0.761. The Morgan fingerprint density at radius 3 is 2.60 bits per heavy atom. The molecule has 5 aromatic heterocycles. The fourth-order valence-corrected chi connectivity index (χ4v) is 8.06. The van der Waals surface area contributed by atoms with Crippen LogP contribution in [0.5, 0.6) is 0 Å². The first-order valence-electron chi connectivity index (χ1n) is 20.2. The first kappa shape index (κ1) is 38.9. The van der Waals surface area contributed by atoms with Gasteiger partial charge in [0, 0.05) is 57.3 Å². The van der Waals surface area contributed by atoms with E-state index in [-0.39, 0.29) is 29.8 Å². The summed E-state index contributed by atoms with van der Waals surface area (Å²) in [6.07, 6.45) is 14.2. The number of hydrogen-bond acceptors (Lipinski definition) is 10. The summed E-state index contributed by atoms with van der Waals surface area (Å²) in [5, 5.41) is 14.6. The lowest BCUT2D eigenvalue weighted by molar-refractivity contribution is -0.135. The highest BCUT2D eigenvalue weighted by atomic mass is 16.5. The maximum Gasteiger partial charge on any atom is 0.329 e. The molecule has 1 unspecified atom stereocenters. The second-order valence-electron chi connectivity index (χ2n) is 15.4. The summed E-state index contributed by atoms with van der Waals surface area (Å²) in [6.45, 7) is 6.43. The highest BCUT2D eigenvalue weighted by Gasteiger charge is 2.31. The molecule has 1 atom stereocenters. The fraction of sp³-hybridized carbons (Fsp3) is 0.429. The number of pyridine rings is 1. The van der Waals surface area contributed by atoms with E-state index in [1.54, 1.807) is 45.5 Å². The van der Waals surface area contributed by atoms with E-state index in [4.69, 9.17) is 9.84 Å². The summed E-state index contributed by atoms with van der Waals surface area (Å²) in [5.41, 5.74) is 5.19. The third-order valence-electron chi connectivity index (χ3n) is 11.3. The van der Waals surface area contributed by atoms with Crippen LogP contribution in [0, 0.1) is 6.92 Å². The third-order valence-corrected chi connectivity index (χ3v) is 11.3. The molecule has 7 heterocycles. The number of rotatable bonds is 15. The SMILES string of the molecule is Cc1ccc(-n2nc(C3CCN(CCCCCOCCCc4ccc5c(c4)n(C)c(=O)n5C4CCC(=O)NC4=O)CC3)cc2NC(=O)c2cnn3cccnc23)nc1. The highest BCUT2D eigenvalue weighted by Crippen LogP contribution is 2.31. The number of aromatic nitrogens is 8. The van der Waals surface area contributed by atoms with Crippen molar-refractivity contribution in [1.82, 2.24) is 48.7 Å². The van der Waals surface area contributed by atoms with Crippen molar-refractivity contribution < 1.29 is 19.1 Å². The molecule has 16 heteroatoms. The largest absolute Gasteiger partial charge is 0.381 e. The minimum absolute atomic E-state index is 0.219. The summed E-state index contributed by atoms with van der Waals surface area (Å²) in [6, 6.07) is 12.9. The number of nitrogens with one attached hydrogen (secondary N) is 2. The third kappa shape index (κ3) is 8.34. The summed E-state index contributed by atoms with van der Waals surface area (Å²) in [4.78, 5) is 62.0. The molecule has 2 saturated heterocycles. The van der Waals surface area contributed by atoms with Crippen molar-refractivity contribution in [2.24, 2.45) is 7.05 Å². The topological polar surface area (TPSA) is 176 Å². The Kier molecular flexibility index (Phi) is 11.5. The number of unbranched alkanes of at least 4 members (excludes halogenated alkanes) is 2. The number of piperidine rings is 2. The van der Waals surface area contributed by atoms with Crippen LogP contribution in [0.2, 0.25) is 0 Å². The van der Waals surface area contributed by atoms with E-state index in [9.17, 15) is 19.2 Å². The van der Waals surface area contributed by atoms with Gasteiger partial charge in [-0.15, -0.1) is 0 Å². The van der Waals surface area contributed by atoms with E-state index in [1.807, 2.05) is 43.3 Å². The van der Waals surface area contributed by atoms with Crippen molar-refractivity contribution in [3.05, 3.63) is 100 Å². The molecule has 0 saturated carbocycles. The predicted octanol–water partition coefficient (Wildman–Crippen LogP) is 4.50. The van der Waals surface area contributed by atoms with Crippen LogP contribution in [0.1, 0.15) is 90.5 Å². The van der Waals surface area contributed by atoms with Crippen molar-refractivity contribution in [3.63, 3.8) is 0 Å². The molecule has 8 rings (SSSR count). The quantitative estimate of drug-likeness (QED) is 0.111. The lowest BCUT2D eigenvalue weighted by atomic mass is 9.93. The van der Waals surface area contributed by atoms with Gasteiger partial charge in [-0.2, -0.15) is 14.9 Å². The number of imide groups is 1. The molecular weight excluding hydrogens is 739 g/mol. The number of amides is 3. The minimum atomic E-state index is -0.683. The van der Waals surface area contributed by atoms with Gasteiger partial charge in [-0.25, -0.2) is 19.3 Å². The molecule has 2 aliphatic rings. The Hall–Kier alpha value is -6.00. The number of benzene rings is 1. The molecule has 0 spiro atoms. The second-order valence-corrected chi connectivity index (χ2v) is 15.4. The first-order valence-corrected chi connectivity index (χ1v) is 20.2. The molecule has 2 aliphatic heterocycles. The molecule has 2 fully saturated rings. The number of imidazole rings is 1. The lowest BCUT2D eigenvalue weighted by Gasteiger charge is -2.31. The molecule has 1 aromatic carbocycles. The van der Waals surface area contributed by atoms with E-state index in [0.29, 0.717) is 41.4 Å². The Bertz CT molecular complexity index is 2490. The number of carbonyl (C=O) groups is 3. The van der Waals surface area contributed by atoms with Gasteiger partial charge in [-0.05, 0) is 113 Å². The summed E-state index contributed by atoms with van der Waals surface area (Å²) >= 11 is 0. The zero-order valence-electron chi connectivity index (χ0n) is 33.0. The van der Waals surface area contributed by atoms with Crippen LogP contribution in [-0.2, 0) is 27.8 Å². The number of carbonyl (C=O) groups excluding carboxylic acids is 3. The van der Waals surface area contributed by atoms with Crippen LogP contribution in [-0.4, -0.2) is 94.0 Å². The fourth-order valence-electron chi connectivity index (χ4n) is 8.06. The number of anilines is 1. The Labute approximate surface area is 335 Å². The number of nitrogens with zero attached hydrogens (tertiary/aromatic N) is 9. The van der Waals surface area contributed by atoms with Crippen molar-refractivity contribution >= 4 is 40.2 Å². The molecule has 0 aliphatic carbocycles. The van der Waals surface area contributed by atoms with Crippen molar-refractivity contribution in [2.75, 3.05) is 38.2 Å². The monoisotopic (exact) mass is 787 g/mol. The van der Waals surface area contributed by atoms with E-state index in [0.717, 1.165) is 93.5 Å². The average Bonchev–Trinajstić information content (AvgIpc) is 3.92. The Morgan fingerprint density at radius 1 is 0.948 bits per heavy atom. The van der Waals surface area contributed by atoms with Gasteiger partial charge in [-0.3, -0.25) is 28.8 Å². The number of aryl methyl sites for hydroxylation is 3. The summed E-state index contributed by atoms with van der Waals surface area (Å²) in [7, 11) is 1.72. The van der Waals surface area contributed by atoms with E-state index >= 15 is 0 Å². The van der Waals surface area contributed by atoms with Crippen molar-refractivity contribution in [1.29, 1.82) is 0 Å². The van der Waals surface area contributed by atoms with Gasteiger partial charge in [0.05, 0.1) is 22.9 Å². The molecule has 0 radical (unpaired) electrons. The van der Waals surface area contributed by atoms with Crippen LogP contribution in [0.25, 0.3) is 22.5 Å². The molecular formula is C42H49N11O5. The second kappa shape index (κ2) is 17.2. The number of hydrogen-bond donors (Lipinski definition) is 2. The zero-order chi connectivity index (χ0) is 40.2. The average molecular weight is 788 g/mol. The van der Waals surface area contributed by atoms with Gasteiger partial charge >= 0.3 is 5.69 Å². The number of fused-ring (bicyclic) bond motifs is 2. The summed E-state index contributed by atoms with van der Waals surface area (Å²) in [5.74, 6) is 0.441. The molecule has 302 valence electrons. The molecule has 2 N–H and O–H groups in total. The Morgan fingerprint density at radius 2 is 1.79 bits per heavy atom. The number of likely N-dealkylation sites (tertiary alicyclic amines) is 1. The predicted molar refractivity (Wildman–Crippen MR) is 217 cm³/mol. The smallest absolute Gasteiger partial charge is 0.329 e. The maximum absolute atomic E-state index is 13.4. The van der Waals surface area contributed by atoms with Gasteiger partial charge in [0.2, 0.25) is 11.8 Å². The van der Waals surface area contributed by atoms with Crippen LogP contribution in [0.3, 0.4) is 0 Å². The normalized spacial score (nSPS) is 16.7. The van der Waals surface area contributed by atoms with Crippen molar-refractivity contribution in [2.45, 2.75) is 76.7 Å². The minimum Gasteiger partial charge on any atom is -0.381 e. The van der Waals surface area contributed by atoms with Gasteiger partial charge in [0.25, 0.3) is 5.91 Å². The molecule has 3 amide bonds. The van der Waals surface area contributed by atoms with Gasteiger partial charge in [-0.1, -0.05) is 12.1 Å². The molecule has 6 aromatic rings. The van der Waals surface area contributed by atoms with Gasteiger partial charge in [0.15, 0.2) is 11.5 Å². The number of ether oxygens (including phenoxy) is 1. The van der Waals surface area contributed by atoms with E-state index in [2.05, 4.69) is 30.6 Å². The van der Waals surface area contributed by atoms with Crippen LogP contribution in [0.15, 0.2) is 72.0 Å². The van der Waals surface area contributed by atoms with Gasteiger partial charge < -0.3 is 15.0 Å². The van der Waals surface area contributed by atoms with Crippen LogP contribution in [0.4, 0.5) is 5.82 Å². The van der Waals surface area contributed by atoms with Crippen molar-refractivity contribution in [3.8, 4) is 5.82 Å². The maximum atomic E-state index is 13.4. The first-order chi connectivity index (χ1) is 28.2. The van der Waals surface area contributed by atoms with E-state index in [1.165, 1.54) is 10.8 Å².